The molecule has 1 fully saturated rings. The Kier molecular flexibility index (Phi) is 6.25. The minimum Gasteiger partial charge on any atom is -0.378 e. The number of amides is 1. The topological polar surface area (TPSA) is 48.0 Å². The molecule has 0 saturated carbocycles. The summed E-state index contributed by atoms with van der Waals surface area (Å²) in [5.41, 5.74) is -2.31. The van der Waals surface area contributed by atoms with Gasteiger partial charge in [-0.15, -0.1) is 0 Å². The standard InChI is InChI=1S/C8H16NO4PS2/c1-11-14(15,12-2)16-7-8(10)9-3-5-13-6-4-9/h3-7H2,1-2H3. The van der Waals surface area contributed by atoms with Crippen LogP contribution in [0.3, 0.4) is 0 Å². The monoisotopic (exact) mass is 285 g/mol. The van der Waals surface area contributed by atoms with Gasteiger partial charge in [-0.05, 0) is 11.8 Å². The van der Waals surface area contributed by atoms with Crippen molar-refractivity contribution in [1.82, 2.24) is 4.90 Å². The lowest BCUT2D eigenvalue weighted by Crippen LogP contribution is -2.41. The third-order valence-corrected chi connectivity index (χ3v) is 7.82. The summed E-state index contributed by atoms with van der Waals surface area (Å²) in [6.45, 7) is 2.53. The zero-order valence-corrected chi connectivity index (χ0v) is 11.9. The summed E-state index contributed by atoms with van der Waals surface area (Å²) in [4.78, 5) is 13.6. The van der Waals surface area contributed by atoms with Crippen LogP contribution in [0.15, 0.2) is 0 Å². The average molecular weight is 285 g/mol. The van der Waals surface area contributed by atoms with Gasteiger partial charge in [0.05, 0.1) is 19.0 Å². The van der Waals surface area contributed by atoms with Crippen LogP contribution in [0, 0.1) is 0 Å². The molecule has 16 heavy (non-hydrogen) atoms. The van der Waals surface area contributed by atoms with Crippen molar-refractivity contribution >= 4 is 34.8 Å². The first-order valence-electron chi connectivity index (χ1n) is 4.83. The first-order chi connectivity index (χ1) is 7.61. The molecular formula is C8H16NO4PS2. The third-order valence-electron chi connectivity index (χ3n) is 2.16. The molecule has 0 bridgehead atoms. The van der Waals surface area contributed by atoms with E-state index in [0.29, 0.717) is 32.1 Å². The Labute approximate surface area is 105 Å². The Morgan fingerprint density at radius 2 is 2.00 bits per heavy atom. The zero-order chi connectivity index (χ0) is 12.0. The van der Waals surface area contributed by atoms with Gasteiger partial charge < -0.3 is 18.7 Å². The Morgan fingerprint density at radius 3 is 2.50 bits per heavy atom. The highest BCUT2D eigenvalue weighted by Crippen LogP contribution is 2.59. The van der Waals surface area contributed by atoms with Gasteiger partial charge in [0.2, 0.25) is 11.6 Å². The van der Waals surface area contributed by atoms with Crippen molar-refractivity contribution in [3.8, 4) is 0 Å². The molecule has 0 spiro atoms. The Morgan fingerprint density at radius 1 is 1.44 bits per heavy atom. The van der Waals surface area contributed by atoms with Gasteiger partial charge in [0.25, 0.3) is 0 Å². The number of carbonyl (C=O) groups is 1. The van der Waals surface area contributed by atoms with E-state index in [4.69, 9.17) is 25.6 Å². The summed E-state index contributed by atoms with van der Waals surface area (Å²) >= 11 is 6.43. The fourth-order valence-corrected chi connectivity index (χ4v) is 3.94. The average Bonchev–Trinajstić information content (AvgIpc) is 2.36. The van der Waals surface area contributed by atoms with Crippen molar-refractivity contribution in [3.63, 3.8) is 0 Å². The van der Waals surface area contributed by atoms with Gasteiger partial charge in [0.1, 0.15) is 0 Å². The van der Waals surface area contributed by atoms with Crippen molar-refractivity contribution < 1.29 is 18.6 Å². The molecule has 1 amide bonds. The molecule has 0 aromatic rings. The van der Waals surface area contributed by atoms with Gasteiger partial charge in [-0.3, -0.25) is 4.79 Å². The van der Waals surface area contributed by atoms with Gasteiger partial charge in [-0.2, -0.15) is 0 Å². The largest absolute Gasteiger partial charge is 0.378 e. The van der Waals surface area contributed by atoms with Gasteiger partial charge in [-0.25, -0.2) is 0 Å². The molecule has 0 unspecified atom stereocenters. The molecule has 1 aliphatic rings. The Hall–Kier alpha value is 0.350. The SMILES string of the molecule is COP(=S)(OC)SCC(=O)N1CCOCC1. The maximum Gasteiger partial charge on any atom is 0.247 e. The molecule has 8 heteroatoms. The Balaban J connectivity index is 2.36. The summed E-state index contributed by atoms with van der Waals surface area (Å²) in [7, 11) is 3.02. The highest BCUT2D eigenvalue weighted by Gasteiger charge is 2.22. The molecule has 0 atom stereocenters. The minimum absolute atomic E-state index is 0.0663. The van der Waals surface area contributed by atoms with E-state index >= 15 is 0 Å². The zero-order valence-electron chi connectivity index (χ0n) is 9.38. The lowest BCUT2D eigenvalue weighted by atomic mass is 10.4. The molecule has 5 nitrogen and oxygen atoms in total. The van der Waals surface area contributed by atoms with E-state index in [1.54, 1.807) is 4.90 Å². The van der Waals surface area contributed by atoms with Crippen LogP contribution < -0.4 is 0 Å². The number of hydrogen-bond donors (Lipinski definition) is 0. The van der Waals surface area contributed by atoms with Crippen LogP contribution in [0.2, 0.25) is 0 Å². The number of hydrogen-bond acceptors (Lipinski definition) is 6. The van der Waals surface area contributed by atoms with Crippen molar-refractivity contribution in [3.05, 3.63) is 0 Å². The first kappa shape index (κ1) is 14.4. The van der Waals surface area contributed by atoms with Crippen LogP contribution in [0.1, 0.15) is 0 Å². The number of carbonyl (C=O) groups excluding carboxylic acids is 1. The Bertz CT molecular complexity index is 275. The molecule has 0 aromatic heterocycles. The summed E-state index contributed by atoms with van der Waals surface area (Å²) in [6.07, 6.45) is 0. The molecule has 1 saturated heterocycles. The van der Waals surface area contributed by atoms with Gasteiger partial charge in [-0.1, -0.05) is 11.4 Å². The lowest BCUT2D eigenvalue weighted by molar-refractivity contribution is -0.132. The van der Waals surface area contributed by atoms with Gasteiger partial charge in [0.15, 0.2) is 0 Å². The van der Waals surface area contributed by atoms with Crippen molar-refractivity contribution in [1.29, 1.82) is 0 Å². The number of nitrogens with zero attached hydrogens (tertiary/aromatic N) is 1. The minimum atomic E-state index is -2.31. The highest BCUT2D eigenvalue weighted by atomic mass is 32.9. The van der Waals surface area contributed by atoms with E-state index in [2.05, 4.69) is 0 Å². The van der Waals surface area contributed by atoms with Crippen molar-refractivity contribution in [2.45, 2.75) is 0 Å². The van der Waals surface area contributed by atoms with Crippen LogP contribution in [-0.2, 0) is 30.4 Å². The normalized spacial score (nSPS) is 17.5. The molecule has 0 N–H and O–H groups in total. The van der Waals surface area contributed by atoms with Gasteiger partial charge >= 0.3 is 0 Å². The van der Waals surface area contributed by atoms with E-state index in [0.717, 1.165) is 0 Å². The predicted octanol–water partition coefficient (Wildman–Crippen LogP) is 1.10. The summed E-state index contributed by atoms with van der Waals surface area (Å²) in [5, 5.41) is 0. The van der Waals surface area contributed by atoms with Crippen LogP contribution in [0.25, 0.3) is 0 Å². The van der Waals surface area contributed by atoms with Crippen LogP contribution >= 0.6 is 17.1 Å². The van der Waals surface area contributed by atoms with Crippen LogP contribution in [-0.4, -0.2) is 57.1 Å². The highest BCUT2D eigenvalue weighted by molar-refractivity contribution is 8.68. The number of ether oxygens (including phenoxy) is 1. The van der Waals surface area contributed by atoms with E-state index < -0.39 is 5.69 Å². The summed E-state index contributed by atoms with van der Waals surface area (Å²) in [6, 6.07) is 0. The molecule has 1 heterocycles. The molecule has 0 aromatic carbocycles. The number of rotatable bonds is 5. The maximum atomic E-state index is 11.8. The quantitative estimate of drug-likeness (QED) is 0.705. The van der Waals surface area contributed by atoms with Gasteiger partial charge in [0, 0.05) is 27.3 Å². The third kappa shape index (κ3) is 4.31. The molecule has 0 aliphatic carbocycles. The molecule has 0 radical (unpaired) electrons. The second-order valence-electron chi connectivity index (χ2n) is 3.08. The fourth-order valence-electron chi connectivity index (χ4n) is 1.22. The van der Waals surface area contributed by atoms with Crippen LogP contribution in [0.5, 0.6) is 0 Å². The van der Waals surface area contributed by atoms with E-state index in [9.17, 15) is 4.79 Å². The van der Waals surface area contributed by atoms with E-state index in [1.807, 2.05) is 0 Å². The fraction of sp³-hybridized carbons (Fsp3) is 0.875. The second-order valence-corrected chi connectivity index (χ2v) is 9.60. The molecular weight excluding hydrogens is 269 g/mol. The molecule has 94 valence electrons. The molecule has 1 aliphatic heterocycles. The molecule has 1 rings (SSSR count). The van der Waals surface area contributed by atoms with Crippen molar-refractivity contribution in [2.75, 3.05) is 46.3 Å². The van der Waals surface area contributed by atoms with Crippen LogP contribution in [0.4, 0.5) is 0 Å². The summed E-state index contributed by atoms with van der Waals surface area (Å²) in [5.74, 6) is 0.371. The first-order valence-corrected chi connectivity index (χ1v) is 9.06. The predicted molar refractivity (Wildman–Crippen MR) is 68.2 cm³/mol. The second kappa shape index (κ2) is 6.93. The number of morpholine rings is 1. The maximum absolute atomic E-state index is 11.8. The van der Waals surface area contributed by atoms with E-state index in [-0.39, 0.29) is 5.91 Å². The summed E-state index contributed by atoms with van der Waals surface area (Å²) < 4.78 is 15.4. The van der Waals surface area contributed by atoms with Crippen molar-refractivity contribution in [2.24, 2.45) is 0 Å². The van der Waals surface area contributed by atoms with E-state index in [1.165, 1.54) is 25.6 Å². The smallest absolute Gasteiger partial charge is 0.247 e. The lowest BCUT2D eigenvalue weighted by Gasteiger charge is -2.27.